The van der Waals surface area contributed by atoms with Crippen LogP contribution in [-0.2, 0) is 5.41 Å². The van der Waals surface area contributed by atoms with Crippen LogP contribution in [0.25, 0.3) is 105 Å². The van der Waals surface area contributed by atoms with Gasteiger partial charge in [-0.15, -0.1) is 0 Å². The molecule has 1 spiro atoms. The van der Waals surface area contributed by atoms with Gasteiger partial charge in [-0.05, 0) is 145 Å². The molecule has 3 heteroatoms. The van der Waals surface area contributed by atoms with Gasteiger partial charge >= 0.3 is 0 Å². The summed E-state index contributed by atoms with van der Waals surface area (Å²) in [5, 5.41) is 4.57. The molecule has 16 rings (SSSR count). The summed E-state index contributed by atoms with van der Waals surface area (Å²) in [4.78, 5) is 2.47. The van der Waals surface area contributed by atoms with Gasteiger partial charge in [0.1, 0.15) is 11.2 Å². The van der Waals surface area contributed by atoms with E-state index in [2.05, 4.69) is 289 Å². The number of furan rings is 1. The van der Waals surface area contributed by atoms with Gasteiger partial charge in [0, 0.05) is 33.1 Å². The van der Waals surface area contributed by atoms with E-state index in [9.17, 15) is 0 Å². The van der Waals surface area contributed by atoms with E-state index in [0.29, 0.717) is 0 Å². The molecule has 354 valence electrons. The van der Waals surface area contributed by atoms with Crippen molar-refractivity contribution in [3.63, 3.8) is 0 Å². The fraction of sp³-hybridized carbons (Fsp3) is 0.0137. The molecule has 3 nitrogen and oxygen atoms in total. The lowest BCUT2D eigenvalue weighted by Gasteiger charge is -2.31. The Kier molecular flexibility index (Phi) is 9.25. The third kappa shape index (κ3) is 6.05. The molecule has 0 bridgehead atoms. The Labute approximate surface area is 440 Å². The maximum atomic E-state index is 6.86. The first-order valence-corrected chi connectivity index (χ1v) is 26.2. The van der Waals surface area contributed by atoms with Gasteiger partial charge in [-0.2, -0.15) is 0 Å². The lowest BCUT2D eigenvalue weighted by molar-refractivity contribution is 0.669. The number of fused-ring (bicyclic) bond motifs is 16. The van der Waals surface area contributed by atoms with Crippen LogP contribution in [0.1, 0.15) is 22.3 Å². The Morgan fingerprint density at radius 1 is 0.316 bits per heavy atom. The molecule has 0 radical (unpaired) electrons. The van der Waals surface area contributed by atoms with E-state index in [1.165, 1.54) is 77.4 Å². The fourth-order valence-corrected chi connectivity index (χ4v) is 13.3. The topological polar surface area (TPSA) is 21.3 Å². The molecule has 2 heterocycles. The Morgan fingerprint density at radius 2 is 0.842 bits per heavy atom. The molecule has 2 aliphatic carbocycles. The molecule has 0 saturated heterocycles. The summed E-state index contributed by atoms with van der Waals surface area (Å²) in [6.07, 6.45) is 0. The Hall–Kier alpha value is -9.96. The molecule has 0 atom stereocenters. The van der Waals surface area contributed by atoms with Gasteiger partial charge in [0.25, 0.3) is 0 Å². The highest BCUT2D eigenvalue weighted by Crippen LogP contribution is 2.64. The van der Waals surface area contributed by atoms with Gasteiger partial charge in [0.2, 0.25) is 0 Å². The van der Waals surface area contributed by atoms with Crippen molar-refractivity contribution in [1.29, 1.82) is 0 Å². The van der Waals surface area contributed by atoms with Crippen LogP contribution in [0.4, 0.5) is 17.1 Å². The quantitative estimate of drug-likeness (QED) is 0.159. The summed E-state index contributed by atoms with van der Waals surface area (Å²) >= 11 is 0. The van der Waals surface area contributed by atoms with Crippen LogP contribution >= 0.6 is 0 Å². The number of hydrogen-bond donors (Lipinski definition) is 0. The highest BCUT2D eigenvalue weighted by atomic mass is 16.3. The molecular weight excluding hydrogens is 921 g/mol. The fourth-order valence-electron chi connectivity index (χ4n) is 13.3. The molecule has 2 aromatic heterocycles. The lowest BCUT2D eigenvalue weighted by atomic mass is 9.70. The van der Waals surface area contributed by atoms with Crippen LogP contribution in [0.5, 0.6) is 0 Å². The highest BCUT2D eigenvalue weighted by molar-refractivity contribution is 6.16. The molecular formula is C73H46N2O. The second-order valence-corrected chi connectivity index (χ2v) is 20.3. The van der Waals surface area contributed by atoms with Gasteiger partial charge in [0.05, 0.1) is 33.2 Å². The Morgan fingerprint density at radius 3 is 1.61 bits per heavy atom. The van der Waals surface area contributed by atoms with Crippen LogP contribution < -0.4 is 4.90 Å². The van der Waals surface area contributed by atoms with E-state index in [-0.39, 0.29) is 0 Å². The van der Waals surface area contributed by atoms with Gasteiger partial charge < -0.3 is 13.9 Å². The van der Waals surface area contributed by atoms with Crippen LogP contribution in [0, 0.1) is 0 Å². The summed E-state index contributed by atoms with van der Waals surface area (Å²) < 4.78 is 9.23. The molecule has 0 fully saturated rings. The largest absolute Gasteiger partial charge is 0.456 e. The zero-order valence-corrected chi connectivity index (χ0v) is 41.4. The van der Waals surface area contributed by atoms with Gasteiger partial charge in [-0.1, -0.05) is 206 Å². The first-order chi connectivity index (χ1) is 37.7. The molecule has 2 aliphatic rings. The SMILES string of the molecule is c1ccc(-c2ccc(N(c3ccccc3-c3cccc4c3-c3ccccc3C43c4ccccc4-c4ccccc43)c3cccc4oc5ccc(-c6ccc7c(c6)c6ccccc6n7-c6ccccc6)cc5c34)cc2)cc1. The first-order valence-electron chi connectivity index (χ1n) is 26.2. The summed E-state index contributed by atoms with van der Waals surface area (Å²) in [6.45, 7) is 0. The molecule has 14 aromatic rings. The Bertz CT molecular complexity index is 4590. The van der Waals surface area contributed by atoms with Crippen molar-refractivity contribution in [3.05, 3.63) is 301 Å². The number of rotatable bonds is 7. The third-order valence-electron chi connectivity index (χ3n) is 16.4. The van der Waals surface area contributed by atoms with Crippen LogP contribution in [0.3, 0.4) is 0 Å². The molecule has 12 aromatic carbocycles. The maximum Gasteiger partial charge on any atom is 0.137 e. The number of hydrogen-bond acceptors (Lipinski definition) is 2. The van der Waals surface area contributed by atoms with Crippen molar-refractivity contribution >= 4 is 60.8 Å². The number of para-hydroxylation sites is 3. The molecule has 0 unspecified atom stereocenters. The zero-order chi connectivity index (χ0) is 49.9. The molecule has 76 heavy (non-hydrogen) atoms. The van der Waals surface area contributed by atoms with Crippen molar-refractivity contribution in [2.75, 3.05) is 4.90 Å². The minimum absolute atomic E-state index is 0.459. The van der Waals surface area contributed by atoms with E-state index in [0.717, 1.165) is 66.9 Å². The number of anilines is 3. The third-order valence-corrected chi connectivity index (χ3v) is 16.4. The second kappa shape index (κ2) is 16.5. The molecule has 0 aliphatic heterocycles. The number of benzene rings is 12. The Balaban J connectivity index is 0.913. The van der Waals surface area contributed by atoms with Gasteiger partial charge in [0.15, 0.2) is 0 Å². The summed E-state index contributed by atoms with van der Waals surface area (Å²) in [6, 6.07) is 102. The van der Waals surface area contributed by atoms with Crippen molar-refractivity contribution in [2.45, 2.75) is 5.41 Å². The van der Waals surface area contributed by atoms with Crippen molar-refractivity contribution in [1.82, 2.24) is 4.57 Å². The predicted octanol–water partition coefficient (Wildman–Crippen LogP) is 19.5. The van der Waals surface area contributed by atoms with Crippen LogP contribution in [0.2, 0.25) is 0 Å². The average Bonchev–Trinajstić information content (AvgIpc) is 4.35. The van der Waals surface area contributed by atoms with Gasteiger partial charge in [-0.3, -0.25) is 0 Å². The lowest BCUT2D eigenvalue weighted by Crippen LogP contribution is -2.25. The highest BCUT2D eigenvalue weighted by Gasteiger charge is 2.52. The maximum absolute atomic E-state index is 6.86. The smallest absolute Gasteiger partial charge is 0.137 e. The van der Waals surface area contributed by atoms with E-state index in [4.69, 9.17) is 4.42 Å². The molecule has 0 amide bonds. The predicted molar refractivity (Wildman–Crippen MR) is 315 cm³/mol. The summed E-state index contributed by atoms with van der Waals surface area (Å²) in [5.41, 5.74) is 25.4. The number of aromatic nitrogens is 1. The van der Waals surface area contributed by atoms with Crippen molar-refractivity contribution < 1.29 is 4.42 Å². The van der Waals surface area contributed by atoms with Gasteiger partial charge in [-0.25, -0.2) is 0 Å². The normalized spacial score (nSPS) is 12.8. The van der Waals surface area contributed by atoms with E-state index in [1.807, 2.05) is 0 Å². The second-order valence-electron chi connectivity index (χ2n) is 20.3. The zero-order valence-electron chi connectivity index (χ0n) is 41.4. The van der Waals surface area contributed by atoms with Crippen molar-refractivity contribution in [2.24, 2.45) is 0 Å². The van der Waals surface area contributed by atoms with Crippen LogP contribution in [-0.4, -0.2) is 4.57 Å². The number of nitrogens with zero attached hydrogens (tertiary/aromatic N) is 2. The van der Waals surface area contributed by atoms with Crippen molar-refractivity contribution in [3.8, 4) is 61.3 Å². The first kappa shape index (κ1) is 42.5. The molecule has 0 N–H and O–H groups in total. The summed E-state index contributed by atoms with van der Waals surface area (Å²) in [5.74, 6) is 0. The van der Waals surface area contributed by atoms with E-state index < -0.39 is 5.41 Å². The minimum atomic E-state index is -0.459. The standard InChI is InChI=1S/C73H46N2O/c1-3-19-47(20-4-1)48-37-41-52(42-38-48)75(65-33-15-10-25-55(65)57-28-17-32-64-71(57)58-27-9-14-31-63(58)73(64)61-29-12-7-23-53(61)54-24-8-13-30-62(54)73)68-35-18-36-70-72(68)60-46-50(40-44-69(60)76-70)49-39-43-67-59(45-49)56-26-11-16-34-66(56)74(67)51-21-5-2-6-22-51/h1-46H. The monoisotopic (exact) mass is 966 g/mol. The minimum Gasteiger partial charge on any atom is -0.456 e. The van der Waals surface area contributed by atoms with Crippen LogP contribution in [0.15, 0.2) is 283 Å². The van der Waals surface area contributed by atoms with E-state index in [1.54, 1.807) is 0 Å². The average molecular weight is 967 g/mol. The van der Waals surface area contributed by atoms with E-state index >= 15 is 0 Å². The summed E-state index contributed by atoms with van der Waals surface area (Å²) in [7, 11) is 0. The molecule has 0 saturated carbocycles.